The normalized spacial score (nSPS) is 11.2. The fraction of sp³-hybridized carbons (Fsp3) is 0. The minimum absolute atomic E-state index is 0.0453. The maximum atomic E-state index is 12.1. The molecule has 5 heteroatoms. The molecule has 0 saturated carbocycles. The fourth-order valence-electron chi connectivity index (χ4n) is 2.21. The Kier molecular flexibility index (Phi) is 2.79. The molecule has 2 aromatic heterocycles. The largest absolute Gasteiger partial charge is 0.448 e. The molecular weight excluding hydrogens is 284 g/mol. The van der Waals surface area contributed by atoms with E-state index in [2.05, 4.69) is 5.10 Å². The van der Waals surface area contributed by atoms with E-state index in [0.29, 0.717) is 16.1 Å². The zero-order chi connectivity index (χ0) is 14.2. The number of benzene rings is 2. The first-order chi connectivity index (χ1) is 10.3. The van der Waals surface area contributed by atoms with Gasteiger partial charge in [-0.2, -0.15) is 5.10 Å². The van der Waals surface area contributed by atoms with Crippen molar-refractivity contribution in [1.29, 1.82) is 0 Å². The second-order valence-corrected chi connectivity index (χ2v) is 5.57. The van der Waals surface area contributed by atoms with Gasteiger partial charge in [0.25, 0.3) is 0 Å². The number of aromatic nitrogens is 2. The highest BCUT2D eigenvalue weighted by Crippen LogP contribution is 2.24. The Labute approximate surface area is 124 Å². The van der Waals surface area contributed by atoms with E-state index in [4.69, 9.17) is 4.42 Å². The van der Waals surface area contributed by atoms with Gasteiger partial charge in [0.2, 0.25) is 0 Å². The molecule has 0 N–H and O–H groups in total. The summed E-state index contributed by atoms with van der Waals surface area (Å²) in [7, 11) is 0. The van der Waals surface area contributed by atoms with Crippen LogP contribution in [0.3, 0.4) is 0 Å². The molecule has 0 fully saturated rings. The maximum absolute atomic E-state index is 12.1. The van der Waals surface area contributed by atoms with Gasteiger partial charge < -0.3 is 4.42 Å². The molecule has 4 nitrogen and oxygen atoms in total. The highest BCUT2D eigenvalue weighted by molar-refractivity contribution is 7.97. The van der Waals surface area contributed by atoms with Crippen molar-refractivity contribution < 1.29 is 4.42 Å². The first-order valence-corrected chi connectivity index (χ1v) is 7.22. The summed E-state index contributed by atoms with van der Waals surface area (Å²) >= 11 is 1.28. The van der Waals surface area contributed by atoms with Crippen molar-refractivity contribution in [3.8, 4) is 0 Å². The lowest BCUT2D eigenvalue weighted by molar-refractivity contribution is 0.498. The van der Waals surface area contributed by atoms with Crippen LogP contribution in [-0.4, -0.2) is 9.19 Å². The summed E-state index contributed by atoms with van der Waals surface area (Å²) in [6, 6.07) is 16.6. The molecule has 21 heavy (non-hydrogen) atoms. The Morgan fingerprint density at radius 1 is 1.05 bits per heavy atom. The zero-order valence-corrected chi connectivity index (χ0v) is 11.7. The molecule has 0 atom stereocenters. The van der Waals surface area contributed by atoms with Gasteiger partial charge in [0.05, 0.1) is 22.9 Å². The molecule has 102 valence electrons. The van der Waals surface area contributed by atoms with Crippen molar-refractivity contribution in [3.05, 3.63) is 71.0 Å². The third-order valence-electron chi connectivity index (χ3n) is 3.19. The molecule has 2 aromatic carbocycles. The van der Waals surface area contributed by atoms with Crippen LogP contribution in [0.25, 0.3) is 21.9 Å². The summed E-state index contributed by atoms with van der Waals surface area (Å²) in [6.45, 7) is 0. The molecule has 0 aliphatic rings. The highest BCUT2D eigenvalue weighted by Gasteiger charge is 2.07. The van der Waals surface area contributed by atoms with E-state index in [0.717, 1.165) is 10.9 Å². The van der Waals surface area contributed by atoms with E-state index < -0.39 is 0 Å². The molecule has 2 heterocycles. The van der Waals surface area contributed by atoms with Gasteiger partial charge in [-0.25, -0.2) is 4.09 Å². The van der Waals surface area contributed by atoms with Crippen LogP contribution in [0.2, 0.25) is 0 Å². The van der Waals surface area contributed by atoms with Crippen molar-refractivity contribution in [2.75, 3.05) is 0 Å². The Hall–Kier alpha value is -2.53. The third kappa shape index (κ3) is 2.21. The van der Waals surface area contributed by atoms with Gasteiger partial charge in [0.1, 0.15) is 5.58 Å². The van der Waals surface area contributed by atoms with Crippen LogP contribution >= 0.6 is 11.9 Å². The number of para-hydroxylation sites is 1. The second kappa shape index (κ2) is 4.79. The average Bonchev–Trinajstić information content (AvgIpc) is 2.89. The van der Waals surface area contributed by atoms with Crippen LogP contribution in [-0.2, 0) is 0 Å². The summed E-state index contributed by atoms with van der Waals surface area (Å²) in [6.07, 6.45) is 1.91. The average molecular weight is 294 g/mol. The quantitative estimate of drug-likeness (QED) is 0.565. The summed E-state index contributed by atoms with van der Waals surface area (Å²) in [5.74, 6) is 0. The fourth-order valence-corrected chi connectivity index (χ4v) is 2.97. The van der Waals surface area contributed by atoms with Crippen LogP contribution in [0, 0.1) is 0 Å². The first kappa shape index (κ1) is 12.2. The van der Waals surface area contributed by atoms with Gasteiger partial charge in [-0.1, -0.05) is 30.3 Å². The predicted octanol–water partition coefficient (Wildman–Crippen LogP) is 3.70. The number of rotatable bonds is 2. The summed E-state index contributed by atoms with van der Waals surface area (Å²) in [5, 5.41) is 6.59. The molecule has 0 bridgehead atoms. The van der Waals surface area contributed by atoms with Crippen molar-refractivity contribution in [3.63, 3.8) is 0 Å². The molecular formula is C16H10N2O2S. The topological polar surface area (TPSA) is 48.0 Å². The van der Waals surface area contributed by atoms with Gasteiger partial charge in [-0.3, -0.25) is 4.79 Å². The molecule has 4 rings (SSSR count). The molecule has 0 radical (unpaired) electrons. The van der Waals surface area contributed by atoms with Crippen LogP contribution < -0.4 is 5.43 Å². The smallest absolute Gasteiger partial charge is 0.193 e. The van der Waals surface area contributed by atoms with Gasteiger partial charge in [0.15, 0.2) is 10.5 Å². The molecule has 4 aromatic rings. The Bertz CT molecular complexity index is 971. The first-order valence-electron chi connectivity index (χ1n) is 6.45. The van der Waals surface area contributed by atoms with Crippen LogP contribution in [0.4, 0.5) is 0 Å². The number of fused-ring (bicyclic) bond motifs is 2. The Morgan fingerprint density at radius 2 is 1.86 bits per heavy atom. The zero-order valence-electron chi connectivity index (χ0n) is 10.9. The molecule has 0 amide bonds. The van der Waals surface area contributed by atoms with Gasteiger partial charge in [-0.15, -0.1) is 0 Å². The third-order valence-corrected chi connectivity index (χ3v) is 3.94. The Morgan fingerprint density at radius 3 is 2.76 bits per heavy atom. The number of hydrogen-bond acceptors (Lipinski definition) is 4. The lowest BCUT2D eigenvalue weighted by atomic mass is 10.2. The van der Waals surface area contributed by atoms with E-state index in [1.54, 1.807) is 16.2 Å². The monoisotopic (exact) mass is 294 g/mol. The van der Waals surface area contributed by atoms with E-state index in [9.17, 15) is 4.79 Å². The highest BCUT2D eigenvalue weighted by atomic mass is 32.2. The molecule has 0 unspecified atom stereocenters. The van der Waals surface area contributed by atoms with Crippen LogP contribution in [0.5, 0.6) is 0 Å². The van der Waals surface area contributed by atoms with Crippen LogP contribution in [0.1, 0.15) is 0 Å². The summed E-state index contributed by atoms with van der Waals surface area (Å²) in [4.78, 5) is 12.1. The second-order valence-electron chi connectivity index (χ2n) is 4.61. The van der Waals surface area contributed by atoms with Gasteiger partial charge in [0, 0.05) is 17.6 Å². The van der Waals surface area contributed by atoms with E-state index >= 15 is 0 Å². The summed E-state index contributed by atoms with van der Waals surface area (Å²) in [5.41, 5.74) is 1.45. The predicted molar refractivity (Wildman–Crippen MR) is 83.5 cm³/mol. The van der Waals surface area contributed by atoms with Crippen molar-refractivity contribution >= 4 is 33.8 Å². The summed E-state index contributed by atoms with van der Waals surface area (Å²) < 4.78 is 7.45. The minimum atomic E-state index is -0.0453. The minimum Gasteiger partial charge on any atom is -0.448 e. The molecule has 0 spiro atoms. The van der Waals surface area contributed by atoms with E-state index in [-0.39, 0.29) is 5.43 Å². The van der Waals surface area contributed by atoms with Gasteiger partial charge >= 0.3 is 0 Å². The molecule has 0 saturated heterocycles. The van der Waals surface area contributed by atoms with Gasteiger partial charge in [-0.05, 0) is 18.2 Å². The molecule has 0 aliphatic heterocycles. The number of hydrogen-bond donors (Lipinski definition) is 0. The number of nitrogens with zero attached hydrogens (tertiary/aromatic N) is 2. The van der Waals surface area contributed by atoms with Crippen molar-refractivity contribution in [1.82, 2.24) is 9.19 Å². The SMILES string of the molecule is O=c1cc(Sn2cc3ccccc3n2)oc2ccccc12. The van der Waals surface area contributed by atoms with E-state index in [1.165, 1.54) is 18.0 Å². The van der Waals surface area contributed by atoms with Crippen molar-refractivity contribution in [2.45, 2.75) is 5.09 Å². The molecule has 0 aliphatic carbocycles. The maximum Gasteiger partial charge on any atom is 0.193 e. The van der Waals surface area contributed by atoms with Crippen LogP contribution in [0.15, 0.2) is 75.1 Å². The lowest BCUT2D eigenvalue weighted by Gasteiger charge is -2.01. The lowest BCUT2D eigenvalue weighted by Crippen LogP contribution is -2.00. The van der Waals surface area contributed by atoms with E-state index in [1.807, 2.05) is 42.6 Å². The Balaban J connectivity index is 1.78. The standard InChI is InChI=1S/C16H10N2O2S/c19-14-9-16(20-15-8-4-2-6-12(14)15)21-18-10-11-5-1-3-7-13(11)17-18/h1-10H. The van der Waals surface area contributed by atoms with Crippen molar-refractivity contribution in [2.24, 2.45) is 0 Å².